The number of benzene rings is 1. The Morgan fingerprint density at radius 2 is 2.05 bits per heavy atom. The van der Waals surface area contributed by atoms with Crippen LogP contribution in [0.1, 0.15) is 12.8 Å². The van der Waals surface area contributed by atoms with Gasteiger partial charge in [0.1, 0.15) is 5.69 Å². The summed E-state index contributed by atoms with van der Waals surface area (Å²) in [5.74, 6) is -0.216. The average Bonchev–Trinajstić information content (AvgIpc) is 2.48. The van der Waals surface area contributed by atoms with Crippen molar-refractivity contribution < 1.29 is 9.72 Å². The first-order valence-corrected chi connectivity index (χ1v) is 7.03. The Labute approximate surface area is 123 Å². The van der Waals surface area contributed by atoms with Gasteiger partial charge in [0.25, 0.3) is 5.69 Å². The van der Waals surface area contributed by atoms with Crippen LogP contribution in [-0.4, -0.2) is 48.5 Å². The van der Waals surface area contributed by atoms with Gasteiger partial charge in [-0.3, -0.25) is 19.8 Å². The average molecular weight is 292 g/mol. The largest absolute Gasteiger partial charge is 0.319 e. The lowest BCUT2D eigenvalue weighted by Crippen LogP contribution is -2.44. The summed E-state index contributed by atoms with van der Waals surface area (Å²) < 4.78 is 0. The molecule has 0 aliphatic carbocycles. The Kier molecular flexibility index (Phi) is 5.24. The molecule has 2 rings (SSSR count). The molecule has 7 heteroatoms. The molecule has 1 fully saturated rings. The molecule has 114 valence electrons. The number of carbonyl (C=O) groups excluding carboxylic acids is 1. The third-order valence-corrected chi connectivity index (χ3v) is 3.74. The fourth-order valence-corrected chi connectivity index (χ4v) is 2.51. The predicted octanol–water partition coefficient (Wildman–Crippen LogP) is 1.22. The number of carbonyl (C=O) groups is 1. The van der Waals surface area contributed by atoms with Gasteiger partial charge < -0.3 is 10.6 Å². The van der Waals surface area contributed by atoms with Gasteiger partial charge in [-0.15, -0.1) is 0 Å². The van der Waals surface area contributed by atoms with Crippen molar-refractivity contribution in [1.29, 1.82) is 0 Å². The van der Waals surface area contributed by atoms with E-state index in [1.807, 2.05) is 7.05 Å². The van der Waals surface area contributed by atoms with E-state index < -0.39 is 4.92 Å². The van der Waals surface area contributed by atoms with Gasteiger partial charge in [0, 0.05) is 25.2 Å². The predicted molar refractivity (Wildman–Crippen MR) is 80.2 cm³/mol. The van der Waals surface area contributed by atoms with Crippen LogP contribution >= 0.6 is 0 Å². The van der Waals surface area contributed by atoms with Crippen molar-refractivity contribution >= 4 is 17.3 Å². The van der Waals surface area contributed by atoms with Crippen LogP contribution in [0.15, 0.2) is 24.3 Å². The molecule has 1 aliphatic heterocycles. The van der Waals surface area contributed by atoms with Crippen LogP contribution in [0.25, 0.3) is 0 Å². The molecule has 0 bridgehead atoms. The second-order valence-electron chi connectivity index (χ2n) is 5.16. The lowest BCUT2D eigenvalue weighted by atomic mass is 10.1. The van der Waals surface area contributed by atoms with E-state index in [-0.39, 0.29) is 23.8 Å². The number of piperidine rings is 1. The summed E-state index contributed by atoms with van der Waals surface area (Å²) in [7, 11) is 1.95. The summed E-state index contributed by atoms with van der Waals surface area (Å²) >= 11 is 0. The number of likely N-dealkylation sites (tertiary alicyclic amines) is 1. The number of hydrogen-bond donors (Lipinski definition) is 2. The van der Waals surface area contributed by atoms with Gasteiger partial charge in [-0.05, 0) is 26.0 Å². The summed E-state index contributed by atoms with van der Waals surface area (Å²) in [5, 5.41) is 16.8. The molecule has 1 aromatic rings. The minimum absolute atomic E-state index is 0.0836. The molecule has 0 aromatic heterocycles. The Hall–Kier alpha value is -1.99. The Morgan fingerprint density at radius 1 is 1.38 bits per heavy atom. The highest BCUT2D eigenvalue weighted by Gasteiger charge is 2.21. The lowest BCUT2D eigenvalue weighted by Gasteiger charge is -2.31. The van der Waals surface area contributed by atoms with E-state index >= 15 is 0 Å². The standard InChI is InChI=1S/C14H20N4O3/c1-15-11-6-8-17(9-7-11)10-14(19)16-12-4-2-3-5-13(12)18(20)21/h2-5,11,15H,6-10H2,1H3,(H,16,19). The van der Waals surface area contributed by atoms with E-state index in [1.165, 1.54) is 6.07 Å². The van der Waals surface area contributed by atoms with Crippen molar-refractivity contribution in [2.45, 2.75) is 18.9 Å². The van der Waals surface area contributed by atoms with E-state index in [0.29, 0.717) is 6.04 Å². The molecule has 1 amide bonds. The van der Waals surface area contributed by atoms with Crippen molar-refractivity contribution in [2.24, 2.45) is 0 Å². The van der Waals surface area contributed by atoms with Gasteiger partial charge in [0.15, 0.2) is 0 Å². The molecule has 1 aliphatic rings. The minimum Gasteiger partial charge on any atom is -0.319 e. The summed E-state index contributed by atoms with van der Waals surface area (Å²) in [4.78, 5) is 24.5. The van der Waals surface area contributed by atoms with E-state index in [2.05, 4.69) is 15.5 Å². The van der Waals surface area contributed by atoms with Gasteiger partial charge >= 0.3 is 0 Å². The molecule has 2 N–H and O–H groups in total. The molecule has 7 nitrogen and oxygen atoms in total. The topological polar surface area (TPSA) is 87.5 Å². The Balaban J connectivity index is 1.89. The summed E-state index contributed by atoms with van der Waals surface area (Å²) in [6.45, 7) is 1.98. The van der Waals surface area contributed by atoms with Crippen molar-refractivity contribution in [3.8, 4) is 0 Å². The Bertz CT molecular complexity index is 513. The Morgan fingerprint density at radius 3 is 2.67 bits per heavy atom. The first-order chi connectivity index (χ1) is 10.1. The fraction of sp³-hybridized carbons (Fsp3) is 0.500. The van der Waals surface area contributed by atoms with Crippen LogP contribution in [0.4, 0.5) is 11.4 Å². The van der Waals surface area contributed by atoms with Gasteiger partial charge in [0.2, 0.25) is 5.91 Å². The number of hydrogen-bond acceptors (Lipinski definition) is 5. The zero-order valence-electron chi connectivity index (χ0n) is 12.0. The second-order valence-corrected chi connectivity index (χ2v) is 5.16. The van der Waals surface area contributed by atoms with Gasteiger partial charge in [0.05, 0.1) is 11.5 Å². The number of para-hydroxylation sites is 2. The number of anilines is 1. The first-order valence-electron chi connectivity index (χ1n) is 7.03. The van der Waals surface area contributed by atoms with E-state index in [9.17, 15) is 14.9 Å². The van der Waals surface area contributed by atoms with Crippen LogP contribution in [0, 0.1) is 10.1 Å². The summed E-state index contributed by atoms with van der Waals surface area (Å²) in [5.41, 5.74) is 0.164. The summed E-state index contributed by atoms with van der Waals surface area (Å²) in [6, 6.07) is 6.69. The lowest BCUT2D eigenvalue weighted by molar-refractivity contribution is -0.383. The molecule has 0 saturated carbocycles. The first kappa shape index (κ1) is 15.4. The molecule has 1 heterocycles. The van der Waals surface area contributed by atoms with Crippen LogP contribution in [0.5, 0.6) is 0 Å². The number of rotatable bonds is 5. The van der Waals surface area contributed by atoms with E-state index in [0.717, 1.165) is 25.9 Å². The van der Waals surface area contributed by atoms with Crippen LogP contribution in [0.2, 0.25) is 0 Å². The SMILES string of the molecule is CNC1CCN(CC(=O)Nc2ccccc2[N+](=O)[O-])CC1. The maximum absolute atomic E-state index is 12.0. The third-order valence-electron chi connectivity index (χ3n) is 3.74. The minimum atomic E-state index is -0.492. The van der Waals surface area contributed by atoms with Crippen molar-refractivity contribution in [3.63, 3.8) is 0 Å². The highest BCUT2D eigenvalue weighted by atomic mass is 16.6. The molecular formula is C14H20N4O3. The van der Waals surface area contributed by atoms with Crippen molar-refractivity contribution in [3.05, 3.63) is 34.4 Å². The maximum atomic E-state index is 12.0. The number of nitrogens with one attached hydrogen (secondary N) is 2. The van der Waals surface area contributed by atoms with E-state index in [4.69, 9.17) is 0 Å². The highest BCUT2D eigenvalue weighted by Crippen LogP contribution is 2.23. The zero-order chi connectivity index (χ0) is 15.2. The molecule has 0 atom stereocenters. The molecule has 1 saturated heterocycles. The van der Waals surface area contributed by atoms with Gasteiger partial charge in [-0.2, -0.15) is 0 Å². The van der Waals surface area contributed by atoms with Crippen molar-refractivity contribution in [1.82, 2.24) is 10.2 Å². The number of amides is 1. The second kappa shape index (κ2) is 7.14. The summed E-state index contributed by atoms with van der Waals surface area (Å²) in [6.07, 6.45) is 2.02. The quantitative estimate of drug-likeness (QED) is 0.629. The maximum Gasteiger partial charge on any atom is 0.292 e. The van der Waals surface area contributed by atoms with Gasteiger partial charge in [-0.1, -0.05) is 12.1 Å². The molecule has 0 unspecified atom stereocenters. The van der Waals surface area contributed by atoms with Crippen LogP contribution in [-0.2, 0) is 4.79 Å². The number of nitrogens with zero attached hydrogens (tertiary/aromatic N) is 2. The number of nitro benzene ring substituents is 1. The van der Waals surface area contributed by atoms with Crippen molar-refractivity contribution in [2.75, 3.05) is 32.0 Å². The molecule has 21 heavy (non-hydrogen) atoms. The van der Waals surface area contributed by atoms with E-state index in [1.54, 1.807) is 18.2 Å². The molecule has 0 spiro atoms. The van der Waals surface area contributed by atoms with Crippen LogP contribution < -0.4 is 10.6 Å². The molecule has 1 aromatic carbocycles. The zero-order valence-corrected chi connectivity index (χ0v) is 12.0. The smallest absolute Gasteiger partial charge is 0.292 e. The fourth-order valence-electron chi connectivity index (χ4n) is 2.51. The highest BCUT2D eigenvalue weighted by molar-refractivity contribution is 5.94. The monoisotopic (exact) mass is 292 g/mol. The normalized spacial score (nSPS) is 16.6. The molecule has 0 radical (unpaired) electrons. The van der Waals surface area contributed by atoms with Gasteiger partial charge in [-0.25, -0.2) is 0 Å². The third kappa shape index (κ3) is 4.24. The van der Waals surface area contributed by atoms with Crippen LogP contribution in [0.3, 0.4) is 0 Å². The number of nitro groups is 1. The molecular weight excluding hydrogens is 272 g/mol.